The number of aromatic nitrogens is 5. The maximum atomic E-state index is 5.39. The lowest BCUT2D eigenvalue weighted by atomic mass is 10.0. The van der Waals surface area contributed by atoms with Crippen molar-refractivity contribution in [1.29, 1.82) is 0 Å². The van der Waals surface area contributed by atoms with E-state index in [9.17, 15) is 0 Å². The van der Waals surface area contributed by atoms with E-state index < -0.39 is 0 Å². The molecule has 0 bridgehead atoms. The topological polar surface area (TPSA) is 48.5 Å². The lowest BCUT2D eigenvalue weighted by Gasteiger charge is -2.12. The van der Waals surface area contributed by atoms with E-state index in [1.54, 1.807) is 0 Å². The van der Waals surface area contributed by atoms with Crippen LogP contribution in [0.15, 0.2) is 176 Å². The van der Waals surface area contributed by atoms with Gasteiger partial charge in [0.15, 0.2) is 0 Å². The second-order valence-corrected chi connectivity index (χ2v) is 13.3. The number of fused-ring (bicyclic) bond motifs is 9. The van der Waals surface area contributed by atoms with Crippen molar-refractivity contribution in [2.75, 3.05) is 0 Å². The summed E-state index contributed by atoms with van der Waals surface area (Å²) in [5.74, 6) is 1.52. The van der Waals surface area contributed by atoms with E-state index in [1.807, 2.05) is 24.4 Å². The number of benzene rings is 7. The van der Waals surface area contributed by atoms with Crippen LogP contribution in [0.2, 0.25) is 0 Å². The average Bonchev–Trinajstić information content (AvgIpc) is 3.72. The molecule has 4 aromatic heterocycles. The Hall–Kier alpha value is -7.11. The summed E-state index contributed by atoms with van der Waals surface area (Å²) in [7, 11) is 0. The standard InChI is InChI=1S/C47H29N5/c1-2-12-30(13-3-1)31-21-23-33(24-22-31)45-37-17-6-8-18-40(37)49-47(50-45)51-41-19-9-7-16-35(41)38-28-39-36-26-25-32-14-4-5-15-34(32)46(36)52(43(39)29-42(38)51)44-20-10-11-27-48-44/h1-29H. The molecule has 52 heavy (non-hydrogen) atoms. The van der Waals surface area contributed by atoms with Crippen LogP contribution in [0.5, 0.6) is 0 Å². The predicted octanol–water partition coefficient (Wildman–Crippen LogP) is 11.7. The van der Waals surface area contributed by atoms with Crippen LogP contribution in [0.1, 0.15) is 0 Å². The van der Waals surface area contributed by atoms with Gasteiger partial charge in [0.1, 0.15) is 5.82 Å². The molecule has 7 aromatic carbocycles. The summed E-state index contributed by atoms with van der Waals surface area (Å²) >= 11 is 0. The molecule has 0 aliphatic heterocycles. The van der Waals surface area contributed by atoms with Crippen LogP contribution in [0.25, 0.3) is 99.4 Å². The second kappa shape index (κ2) is 11.2. The quantitative estimate of drug-likeness (QED) is 0.188. The fraction of sp³-hybridized carbons (Fsp3) is 0. The molecular formula is C47H29N5. The van der Waals surface area contributed by atoms with Crippen LogP contribution >= 0.6 is 0 Å². The molecule has 242 valence electrons. The molecule has 0 fully saturated rings. The Kier molecular flexibility index (Phi) is 6.18. The molecule has 0 radical (unpaired) electrons. The van der Waals surface area contributed by atoms with Crippen molar-refractivity contribution in [3.63, 3.8) is 0 Å². The lowest BCUT2D eigenvalue weighted by molar-refractivity contribution is 1.01. The molecular weight excluding hydrogens is 635 g/mol. The highest BCUT2D eigenvalue weighted by atomic mass is 15.2. The number of nitrogens with zero attached hydrogens (tertiary/aromatic N) is 5. The molecule has 5 heteroatoms. The van der Waals surface area contributed by atoms with Crippen molar-refractivity contribution >= 4 is 65.3 Å². The molecule has 0 amide bonds. The third kappa shape index (κ3) is 4.26. The van der Waals surface area contributed by atoms with Crippen LogP contribution in [0.4, 0.5) is 0 Å². The average molecular weight is 664 g/mol. The van der Waals surface area contributed by atoms with Crippen molar-refractivity contribution in [2.24, 2.45) is 0 Å². The van der Waals surface area contributed by atoms with E-state index in [1.165, 1.54) is 32.7 Å². The second-order valence-electron chi connectivity index (χ2n) is 13.3. The molecule has 4 heterocycles. The number of hydrogen-bond donors (Lipinski definition) is 0. The Balaban J connectivity index is 1.22. The van der Waals surface area contributed by atoms with E-state index in [4.69, 9.17) is 15.0 Å². The minimum absolute atomic E-state index is 0.636. The van der Waals surface area contributed by atoms with Crippen molar-refractivity contribution < 1.29 is 0 Å². The summed E-state index contributed by atoms with van der Waals surface area (Å²) in [6.45, 7) is 0. The Bertz CT molecular complexity index is 3160. The van der Waals surface area contributed by atoms with Gasteiger partial charge in [0.25, 0.3) is 0 Å². The molecule has 0 aliphatic carbocycles. The summed E-state index contributed by atoms with van der Waals surface area (Å²) < 4.78 is 4.55. The summed E-state index contributed by atoms with van der Waals surface area (Å²) in [6.07, 6.45) is 1.87. The highest BCUT2D eigenvalue weighted by molar-refractivity contribution is 6.23. The lowest BCUT2D eigenvalue weighted by Crippen LogP contribution is -2.03. The SMILES string of the molecule is c1ccc(-c2ccc(-c3nc(-n4c5ccccc5c5cc6c7ccc8ccccc8c7n(-c7ccccn7)c6cc54)nc4ccccc34)cc2)cc1. The fourth-order valence-electron chi connectivity index (χ4n) is 8.01. The minimum Gasteiger partial charge on any atom is -0.293 e. The largest absolute Gasteiger partial charge is 0.293 e. The molecule has 11 aromatic rings. The molecule has 0 atom stereocenters. The Morgan fingerprint density at radius 3 is 1.90 bits per heavy atom. The van der Waals surface area contributed by atoms with Gasteiger partial charge in [-0.25, -0.2) is 15.0 Å². The molecule has 0 aliphatic rings. The monoisotopic (exact) mass is 663 g/mol. The Morgan fingerprint density at radius 1 is 0.385 bits per heavy atom. The molecule has 11 rings (SSSR count). The van der Waals surface area contributed by atoms with E-state index in [0.717, 1.165) is 60.8 Å². The molecule has 5 nitrogen and oxygen atoms in total. The summed E-state index contributed by atoms with van der Waals surface area (Å²) in [5, 5.41) is 8.10. The van der Waals surface area contributed by atoms with Crippen LogP contribution in [-0.2, 0) is 0 Å². The zero-order valence-electron chi connectivity index (χ0n) is 28.0. The van der Waals surface area contributed by atoms with E-state index in [-0.39, 0.29) is 0 Å². The highest BCUT2D eigenvalue weighted by Gasteiger charge is 2.22. The third-order valence-corrected chi connectivity index (χ3v) is 10.4. The van der Waals surface area contributed by atoms with Crippen molar-refractivity contribution in [3.8, 4) is 34.2 Å². The van der Waals surface area contributed by atoms with Gasteiger partial charge in [-0.05, 0) is 52.9 Å². The first kappa shape index (κ1) is 28.7. The maximum absolute atomic E-state index is 5.39. The maximum Gasteiger partial charge on any atom is 0.235 e. The molecule has 0 unspecified atom stereocenters. The van der Waals surface area contributed by atoms with Crippen LogP contribution < -0.4 is 0 Å². The number of pyridine rings is 1. The molecule has 0 spiro atoms. The van der Waals surface area contributed by atoms with Gasteiger partial charge in [-0.3, -0.25) is 9.13 Å². The van der Waals surface area contributed by atoms with E-state index >= 15 is 0 Å². The van der Waals surface area contributed by atoms with Crippen LogP contribution in [0.3, 0.4) is 0 Å². The van der Waals surface area contributed by atoms with Gasteiger partial charge >= 0.3 is 0 Å². The normalized spacial score (nSPS) is 11.8. The van der Waals surface area contributed by atoms with Gasteiger partial charge in [0.2, 0.25) is 5.95 Å². The van der Waals surface area contributed by atoms with Crippen molar-refractivity contribution in [3.05, 3.63) is 176 Å². The Morgan fingerprint density at radius 2 is 1.06 bits per heavy atom. The van der Waals surface area contributed by atoms with Gasteiger partial charge < -0.3 is 0 Å². The third-order valence-electron chi connectivity index (χ3n) is 10.4. The van der Waals surface area contributed by atoms with Gasteiger partial charge in [0, 0.05) is 44.1 Å². The van der Waals surface area contributed by atoms with Crippen molar-refractivity contribution in [1.82, 2.24) is 24.1 Å². The molecule has 0 N–H and O–H groups in total. The minimum atomic E-state index is 0.636. The van der Waals surface area contributed by atoms with Gasteiger partial charge in [0.05, 0.1) is 33.3 Å². The zero-order chi connectivity index (χ0) is 34.2. The summed E-state index contributed by atoms with van der Waals surface area (Å²) in [5.41, 5.74) is 9.54. The fourth-order valence-corrected chi connectivity index (χ4v) is 8.01. The van der Waals surface area contributed by atoms with Crippen LogP contribution in [-0.4, -0.2) is 24.1 Å². The van der Waals surface area contributed by atoms with Gasteiger partial charge in [-0.2, -0.15) is 0 Å². The predicted molar refractivity (Wildman–Crippen MR) is 214 cm³/mol. The van der Waals surface area contributed by atoms with E-state index in [0.29, 0.717) is 5.95 Å². The highest BCUT2D eigenvalue weighted by Crippen LogP contribution is 2.41. The smallest absolute Gasteiger partial charge is 0.235 e. The zero-order valence-corrected chi connectivity index (χ0v) is 28.0. The van der Waals surface area contributed by atoms with Crippen LogP contribution in [0, 0.1) is 0 Å². The number of para-hydroxylation sites is 2. The first-order valence-corrected chi connectivity index (χ1v) is 17.5. The van der Waals surface area contributed by atoms with Gasteiger partial charge in [-0.15, -0.1) is 0 Å². The molecule has 0 saturated heterocycles. The molecule has 0 saturated carbocycles. The van der Waals surface area contributed by atoms with Crippen molar-refractivity contribution in [2.45, 2.75) is 0 Å². The first-order valence-electron chi connectivity index (χ1n) is 17.5. The van der Waals surface area contributed by atoms with E-state index in [2.05, 4.69) is 161 Å². The number of hydrogen-bond acceptors (Lipinski definition) is 3. The first-order chi connectivity index (χ1) is 25.8. The number of rotatable bonds is 4. The Labute approximate surface area is 298 Å². The summed E-state index contributed by atoms with van der Waals surface area (Å²) in [6, 6.07) is 59.9. The summed E-state index contributed by atoms with van der Waals surface area (Å²) in [4.78, 5) is 15.5. The van der Waals surface area contributed by atoms with Gasteiger partial charge in [-0.1, -0.05) is 133 Å².